The van der Waals surface area contributed by atoms with E-state index in [2.05, 4.69) is 10.3 Å². The lowest BCUT2D eigenvalue weighted by Crippen LogP contribution is -2.25. The molecule has 3 rings (SSSR count). The molecular weight excluding hydrogens is 453 g/mol. The van der Waals surface area contributed by atoms with Crippen molar-refractivity contribution >= 4 is 57.6 Å². The van der Waals surface area contributed by atoms with Crippen molar-refractivity contribution in [2.75, 3.05) is 26.0 Å². The molecule has 166 valence electrons. The van der Waals surface area contributed by atoms with Gasteiger partial charge in [-0.3, -0.25) is 14.6 Å². The fraction of sp³-hybridized carbons (Fsp3) is 0.217. The molecule has 9 heteroatoms. The van der Waals surface area contributed by atoms with Gasteiger partial charge >= 0.3 is 5.97 Å². The molecule has 0 aliphatic heterocycles. The van der Waals surface area contributed by atoms with E-state index in [0.29, 0.717) is 22.2 Å². The van der Waals surface area contributed by atoms with Crippen molar-refractivity contribution in [1.29, 1.82) is 0 Å². The lowest BCUT2D eigenvalue weighted by atomic mass is 9.99. The lowest BCUT2D eigenvalue weighted by molar-refractivity contribution is -0.127. The fourth-order valence-corrected chi connectivity index (χ4v) is 3.73. The van der Waals surface area contributed by atoms with Gasteiger partial charge in [0.15, 0.2) is 0 Å². The highest BCUT2D eigenvalue weighted by molar-refractivity contribution is 6.40. The Morgan fingerprint density at radius 1 is 1.06 bits per heavy atom. The average Bonchev–Trinajstić information content (AvgIpc) is 2.74. The number of hydrogen-bond donors (Lipinski definition) is 1. The SMILES string of the molecule is CCOC(=O)c1cnc2c(NC(=O)c3c(Cl)cccc3Cl)cccc2c1CC(=O)N(C)C. The zero-order chi connectivity index (χ0) is 23.4. The maximum atomic E-state index is 12.9. The number of rotatable bonds is 6. The van der Waals surface area contributed by atoms with Crippen LogP contribution in [0, 0.1) is 0 Å². The van der Waals surface area contributed by atoms with E-state index in [1.54, 1.807) is 57.4 Å². The number of aromatic nitrogens is 1. The van der Waals surface area contributed by atoms with Crippen LogP contribution < -0.4 is 5.32 Å². The largest absolute Gasteiger partial charge is 0.462 e. The van der Waals surface area contributed by atoms with E-state index in [-0.39, 0.29) is 40.1 Å². The molecule has 0 fully saturated rings. The van der Waals surface area contributed by atoms with Crippen LogP contribution in [0.15, 0.2) is 42.6 Å². The third kappa shape index (κ3) is 4.84. The number of fused-ring (bicyclic) bond motifs is 1. The number of benzene rings is 2. The van der Waals surface area contributed by atoms with Gasteiger partial charge in [-0.1, -0.05) is 41.4 Å². The number of pyridine rings is 1. The number of anilines is 1. The third-order valence-corrected chi connectivity index (χ3v) is 5.40. The van der Waals surface area contributed by atoms with Crippen molar-refractivity contribution < 1.29 is 19.1 Å². The van der Waals surface area contributed by atoms with Crippen LogP contribution in [-0.4, -0.2) is 48.4 Å². The second kappa shape index (κ2) is 9.97. The number of carbonyl (C=O) groups excluding carboxylic acids is 3. The van der Waals surface area contributed by atoms with Crippen LogP contribution >= 0.6 is 23.2 Å². The summed E-state index contributed by atoms with van der Waals surface area (Å²) in [5.74, 6) is -1.27. The van der Waals surface area contributed by atoms with E-state index in [4.69, 9.17) is 27.9 Å². The molecule has 1 heterocycles. The van der Waals surface area contributed by atoms with Gasteiger partial charge in [0, 0.05) is 25.7 Å². The monoisotopic (exact) mass is 473 g/mol. The van der Waals surface area contributed by atoms with Crippen LogP contribution in [0.5, 0.6) is 0 Å². The lowest BCUT2D eigenvalue weighted by Gasteiger charge is -2.16. The molecule has 0 saturated heterocycles. The predicted molar refractivity (Wildman–Crippen MR) is 125 cm³/mol. The summed E-state index contributed by atoms with van der Waals surface area (Å²) < 4.78 is 5.14. The molecule has 1 aromatic heterocycles. The molecule has 2 aromatic carbocycles. The van der Waals surface area contributed by atoms with Gasteiger partial charge in [-0.05, 0) is 30.7 Å². The molecule has 0 bridgehead atoms. The van der Waals surface area contributed by atoms with Crippen LogP contribution in [0.3, 0.4) is 0 Å². The standard InChI is InChI=1S/C23H21Cl2N3O4/c1-4-32-23(31)15-12-26-21-13(14(15)11-19(29)28(2)3)7-5-10-18(21)27-22(30)20-16(24)8-6-9-17(20)25/h5-10,12H,4,11H2,1-3H3,(H,27,30). The number of hydrogen-bond acceptors (Lipinski definition) is 5. The topological polar surface area (TPSA) is 88.6 Å². The first kappa shape index (κ1) is 23.5. The maximum absolute atomic E-state index is 12.9. The minimum atomic E-state index is -0.569. The van der Waals surface area contributed by atoms with Crippen molar-refractivity contribution in [3.8, 4) is 0 Å². The second-order valence-corrected chi connectivity index (χ2v) is 7.90. The van der Waals surface area contributed by atoms with Crippen molar-refractivity contribution in [3.05, 3.63) is 69.3 Å². The average molecular weight is 474 g/mol. The highest BCUT2D eigenvalue weighted by atomic mass is 35.5. The Bertz CT molecular complexity index is 1190. The molecule has 0 unspecified atom stereocenters. The molecule has 3 aromatic rings. The predicted octanol–water partition coefficient (Wildman–Crippen LogP) is 4.60. The Morgan fingerprint density at radius 2 is 1.72 bits per heavy atom. The summed E-state index contributed by atoms with van der Waals surface area (Å²) in [5, 5.41) is 3.75. The zero-order valence-electron chi connectivity index (χ0n) is 17.7. The normalized spacial score (nSPS) is 10.7. The number of para-hydroxylation sites is 1. The molecule has 0 atom stereocenters. The van der Waals surface area contributed by atoms with Gasteiger partial charge in [-0.15, -0.1) is 0 Å². The molecule has 0 aliphatic rings. The number of nitrogens with zero attached hydrogens (tertiary/aromatic N) is 2. The van der Waals surface area contributed by atoms with Crippen molar-refractivity contribution in [1.82, 2.24) is 9.88 Å². The van der Waals surface area contributed by atoms with Gasteiger partial charge in [-0.2, -0.15) is 0 Å². The van der Waals surface area contributed by atoms with Crippen molar-refractivity contribution in [2.24, 2.45) is 0 Å². The Kier molecular flexibility index (Phi) is 7.33. The molecule has 0 spiro atoms. The Labute approximate surface area is 195 Å². The highest BCUT2D eigenvalue weighted by Gasteiger charge is 2.22. The summed E-state index contributed by atoms with van der Waals surface area (Å²) in [7, 11) is 3.27. The van der Waals surface area contributed by atoms with Gasteiger partial charge in [0.2, 0.25) is 5.91 Å². The number of nitrogens with one attached hydrogen (secondary N) is 1. The van der Waals surface area contributed by atoms with Gasteiger partial charge in [0.1, 0.15) is 0 Å². The summed E-state index contributed by atoms with van der Waals surface area (Å²) in [6.07, 6.45) is 1.32. The Hall–Kier alpha value is -3.16. The molecule has 32 heavy (non-hydrogen) atoms. The molecule has 2 amide bonds. The first-order valence-electron chi connectivity index (χ1n) is 9.77. The highest BCUT2D eigenvalue weighted by Crippen LogP contribution is 2.30. The Balaban J connectivity index is 2.11. The summed E-state index contributed by atoms with van der Waals surface area (Å²) in [6, 6.07) is 9.89. The number of ether oxygens (including phenoxy) is 1. The van der Waals surface area contributed by atoms with Crippen molar-refractivity contribution in [2.45, 2.75) is 13.3 Å². The number of halogens is 2. The zero-order valence-corrected chi connectivity index (χ0v) is 19.3. The van der Waals surface area contributed by atoms with E-state index >= 15 is 0 Å². The minimum Gasteiger partial charge on any atom is -0.462 e. The number of esters is 1. The van der Waals surface area contributed by atoms with E-state index < -0.39 is 11.9 Å². The summed E-state index contributed by atoms with van der Waals surface area (Å²) in [5.41, 5.74) is 1.61. The number of amides is 2. The number of carbonyl (C=O) groups is 3. The maximum Gasteiger partial charge on any atom is 0.340 e. The molecule has 1 N–H and O–H groups in total. The van der Waals surface area contributed by atoms with Crippen LogP contribution in [0.25, 0.3) is 10.9 Å². The first-order chi connectivity index (χ1) is 15.2. The van der Waals surface area contributed by atoms with Gasteiger partial charge in [-0.25, -0.2) is 4.79 Å². The molecule has 0 aliphatic carbocycles. The second-order valence-electron chi connectivity index (χ2n) is 7.09. The minimum absolute atomic E-state index is 0.0338. The molecule has 7 nitrogen and oxygen atoms in total. The van der Waals surface area contributed by atoms with Crippen LogP contribution in [0.2, 0.25) is 10.0 Å². The first-order valence-corrected chi connectivity index (χ1v) is 10.5. The molecular formula is C23H21Cl2N3O4. The van der Waals surface area contributed by atoms with E-state index in [0.717, 1.165) is 0 Å². The fourth-order valence-electron chi connectivity index (χ4n) is 3.16. The van der Waals surface area contributed by atoms with Gasteiger partial charge in [0.05, 0.1) is 45.4 Å². The smallest absolute Gasteiger partial charge is 0.340 e. The Morgan fingerprint density at radius 3 is 2.34 bits per heavy atom. The van der Waals surface area contributed by atoms with Crippen LogP contribution in [0.1, 0.15) is 33.2 Å². The van der Waals surface area contributed by atoms with Crippen LogP contribution in [-0.2, 0) is 16.0 Å². The summed E-state index contributed by atoms with van der Waals surface area (Å²) >= 11 is 12.3. The quantitative estimate of drug-likeness (QED) is 0.528. The van der Waals surface area contributed by atoms with Crippen molar-refractivity contribution in [3.63, 3.8) is 0 Å². The van der Waals surface area contributed by atoms with Crippen LogP contribution in [0.4, 0.5) is 5.69 Å². The van der Waals surface area contributed by atoms with Gasteiger partial charge in [0.25, 0.3) is 5.91 Å². The van der Waals surface area contributed by atoms with Gasteiger partial charge < -0.3 is 15.0 Å². The summed E-state index contributed by atoms with van der Waals surface area (Å²) in [4.78, 5) is 43.7. The van der Waals surface area contributed by atoms with E-state index in [9.17, 15) is 14.4 Å². The molecule has 0 radical (unpaired) electrons. The number of likely N-dealkylation sites (N-methyl/N-ethyl adjacent to an activating group) is 1. The summed E-state index contributed by atoms with van der Waals surface area (Å²) in [6.45, 7) is 1.89. The third-order valence-electron chi connectivity index (χ3n) is 4.77. The van der Waals surface area contributed by atoms with E-state index in [1.165, 1.54) is 11.1 Å². The molecule has 0 saturated carbocycles. The van der Waals surface area contributed by atoms with E-state index in [1.807, 2.05) is 0 Å².